The molecule has 0 atom stereocenters. The summed E-state index contributed by atoms with van der Waals surface area (Å²) in [7, 11) is 0. The summed E-state index contributed by atoms with van der Waals surface area (Å²) < 4.78 is 0. The molecule has 0 radical (unpaired) electrons. The van der Waals surface area contributed by atoms with Crippen LogP contribution in [0.4, 0.5) is 5.82 Å². The first-order valence-corrected chi connectivity index (χ1v) is 10.9. The molecule has 2 aliphatic carbocycles. The van der Waals surface area contributed by atoms with Gasteiger partial charge in [0.1, 0.15) is 5.82 Å². The minimum absolute atomic E-state index is 0.572. The first-order chi connectivity index (χ1) is 13.2. The molecule has 2 fully saturated rings. The van der Waals surface area contributed by atoms with Gasteiger partial charge in [-0.3, -0.25) is 0 Å². The van der Waals surface area contributed by atoms with E-state index in [0.717, 1.165) is 11.8 Å². The minimum atomic E-state index is 0.572. The Balaban J connectivity index is 0.000000167. The van der Waals surface area contributed by atoms with Gasteiger partial charge in [-0.15, -0.1) is 0 Å². The van der Waals surface area contributed by atoms with Crippen LogP contribution in [-0.4, -0.2) is 4.98 Å². The Kier molecular flexibility index (Phi) is 9.97. The molecule has 0 spiro atoms. The van der Waals surface area contributed by atoms with E-state index in [4.69, 9.17) is 5.73 Å². The Morgan fingerprint density at radius 2 is 1.33 bits per heavy atom. The van der Waals surface area contributed by atoms with Gasteiger partial charge in [0.15, 0.2) is 0 Å². The Morgan fingerprint density at radius 3 is 1.78 bits per heavy atom. The largest absolute Gasteiger partial charge is 0.384 e. The van der Waals surface area contributed by atoms with Crippen LogP contribution in [0.5, 0.6) is 0 Å². The van der Waals surface area contributed by atoms with Gasteiger partial charge in [0, 0.05) is 6.20 Å². The van der Waals surface area contributed by atoms with Crippen molar-refractivity contribution in [3.8, 4) is 0 Å². The predicted octanol–water partition coefficient (Wildman–Crippen LogP) is 7.29. The van der Waals surface area contributed by atoms with Crippen LogP contribution in [0.3, 0.4) is 0 Å². The smallest absolute Gasteiger partial charge is 0.123 e. The number of aromatic nitrogens is 1. The van der Waals surface area contributed by atoms with Crippen LogP contribution in [0.1, 0.15) is 88.2 Å². The van der Waals surface area contributed by atoms with Crippen molar-refractivity contribution >= 4 is 5.82 Å². The molecule has 2 aliphatic rings. The Hall–Kier alpha value is -1.83. The molecule has 2 nitrogen and oxygen atoms in total. The van der Waals surface area contributed by atoms with Crippen molar-refractivity contribution in [1.29, 1.82) is 0 Å². The zero-order valence-electron chi connectivity index (χ0n) is 17.4. The second-order valence-corrected chi connectivity index (χ2v) is 8.19. The highest BCUT2D eigenvalue weighted by Gasteiger charge is 2.20. The SMILES string of the molecule is C1CCCCC1.Cc1ccccc1C1CCC(C)CC1.Nc1ccccn1. The molecule has 0 aliphatic heterocycles. The highest BCUT2D eigenvalue weighted by Crippen LogP contribution is 2.36. The quantitative estimate of drug-likeness (QED) is 0.575. The molecule has 1 aromatic carbocycles. The van der Waals surface area contributed by atoms with E-state index in [2.05, 4.69) is 43.1 Å². The van der Waals surface area contributed by atoms with E-state index in [1.165, 1.54) is 69.8 Å². The van der Waals surface area contributed by atoms with Crippen LogP contribution < -0.4 is 5.73 Å². The molecule has 0 unspecified atom stereocenters. The summed E-state index contributed by atoms with van der Waals surface area (Å²) in [5.41, 5.74) is 8.32. The summed E-state index contributed by atoms with van der Waals surface area (Å²) in [6, 6.07) is 14.3. The maximum Gasteiger partial charge on any atom is 0.123 e. The third-order valence-electron chi connectivity index (χ3n) is 5.83. The molecule has 148 valence electrons. The van der Waals surface area contributed by atoms with Gasteiger partial charge < -0.3 is 5.73 Å². The van der Waals surface area contributed by atoms with E-state index in [0.29, 0.717) is 5.82 Å². The molecule has 0 amide bonds. The number of pyridine rings is 1. The van der Waals surface area contributed by atoms with Crippen LogP contribution in [0.25, 0.3) is 0 Å². The molecular formula is C25H38N2. The summed E-state index contributed by atoms with van der Waals surface area (Å²) in [6.45, 7) is 4.63. The van der Waals surface area contributed by atoms with E-state index >= 15 is 0 Å². The Morgan fingerprint density at radius 1 is 0.778 bits per heavy atom. The molecule has 2 heteroatoms. The number of benzene rings is 1. The highest BCUT2D eigenvalue weighted by molar-refractivity contribution is 5.29. The van der Waals surface area contributed by atoms with Crippen LogP contribution in [0, 0.1) is 12.8 Å². The van der Waals surface area contributed by atoms with Crippen molar-refractivity contribution in [2.45, 2.75) is 84.0 Å². The number of hydrogen-bond acceptors (Lipinski definition) is 2. The second kappa shape index (κ2) is 12.5. The average Bonchev–Trinajstić information content (AvgIpc) is 2.72. The Bertz CT molecular complexity index is 600. The van der Waals surface area contributed by atoms with Crippen LogP contribution in [0.15, 0.2) is 48.7 Å². The van der Waals surface area contributed by atoms with E-state index in [9.17, 15) is 0 Å². The Labute approximate surface area is 166 Å². The van der Waals surface area contributed by atoms with Gasteiger partial charge in [-0.25, -0.2) is 4.98 Å². The fourth-order valence-electron chi connectivity index (χ4n) is 4.05. The molecule has 27 heavy (non-hydrogen) atoms. The number of nitrogens with zero attached hydrogens (tertiary/aromatic N) is 1. The van der Waals surface area contributed by atoms with Crippen LogP contribution in [0.2, 0.25) is 0 Å². The van der Waals surface area contributed by atoms with Gasteiger partial charge in [-0.2, -0.15) is 0 Å². The molecule has 2 N–H and O–H groups in total. The number of hydrogen-bond donors (Lipinski definition) is 1. The normalized spacial score (nSPS) is 21.9. The van der Waals surface area contributed by atoms with Crippen LogP contribution in [-0.2, 0) is 0 Å². The monoisotopic (exact) mass is 366 g/mol. The maximum atomic E-state index is 5.25. The number of nitrogen functional groups attached to an aromatic ring is 1. The minimum Gasteiger partial charge on any atom is -0.384 e. The molecule has 2 aromatic rings. The molecule has 1 aromatic heterocycles. The van der Waals surface area contributed by atoms with Gasteiger partial charge in [0.05, 0.1) is 0 Å². The second-order valence-electron chi connectivity index (χ2n) is 8.19. The zero-order valence-corrected chi connectivity index (χ0v) is 17.4. The van der Waals surface area contributed by atoms with Crippen molar-refractivity contribution in [3.05, 3.63) is 59.8 Å². The fraction of sp³-hybridized carbons (Fsp3) is 0.560. The van der Waals surface area contributed by atoms with Crippen LogP contribution >= 0.6 is 0 Å². The van der Waals surface area contributed by atoms with Gasteiger partial charge >= 0.3 is 0 Å². The van der Waals surface area contributed by atoms with E-state index in [-0.39, 0.29) is 0 Å². The lowest BCUT2D eigenvalue weighted by Gasteiger charge is -2.27. The third-order valence-corrected chi connectivity index (χ3v) is 5.83. The first kappa shape index (κ1) is 21.5. The summed E-state index contributed by atoms with van der Waals surface area (Å²) in [6.07, 6.45) is 16.3. The van der Waals surface area contributed by atoms with E-state index in [1.54, 1.807) is 17.8 Å². The summed E-state index contributed by atoms with van der Waals surface area (Å²) >= 11 is 0. The molecule has 0 bridgehead atoms. The summed E-state index contributed by atoms with van der Waals surface area (Å²) in [4.78, 5) is 3.76. The average molecular weight is 367 g/mol. The van der Waals surface area contributed by atoms with E-state index < -0.39 is 0 Å². The van der Waals surface area contributed by atoms with Crippen molar-refractivity contribution in [2.75, 3.05) is 5.73 Å². The topological polar surface area (TPSA) is 38.9 Å². The highest BCUT2D eigenvalue weighted by atomic mass is 14.8. The van der Waals surface area contributed by atoms with Crippen molar-refractivity contribution < 1.29 is 0 Å². The molecule has 0 saturated heterocycles. The number of rotatable bonds is 1. The molecule has 2 saturated carbocycles. The first-order valence-electron chi connectivity index (χ1n) is 10.9. The number of anilines is 1. The lowest BCUT2D eigenvalue weighted by atomic mass is 9.78. The standard InChI is InChI=1S/C14H20.C6H12.C5H6N2/c1-11-7-9-13(10-8-11)14-6-4-3-5-12(14)2;1-2-4-6-5-3-1;6-5-3-1-2-4-7-5/h3-6,11,13H,7-10H2,1-2H3;1-6H2;1-4H,(H2,6,7). The van der Waals surface area contributed by atoms with Crippen molar-refractivity contribution in [3.63, 3.8) is 0 Å². The van der Waals surface area contributed by atoms with Gasteiger partial charge in [0.2, 0.25) is 0 Å². The fourth-order valence-corrected chi connectivity index (χ4v) is 4.05. The zero-order chi connectivity index (χ0) is 19.3. The molecular weight excluding hydrogens is 328 g/mol. The predicted molar refractivity (Wildman–Crippen MR) is 118 cm³/mol. The lowest BCUT2D eigenvalue weighted by Crippen LogP contribution is -2.11. The molecule has 4 rings (SSSR count). The summed E-state index contributed by atoms with van der Waals surface area (Å²) in [5, 5.41) is 0. The lowest BCUT2D eigenvalue weighted by molar-refractivity contribution is 0.347. The van der Waals surface area contributed by atoms with Gasteiger partial charge in [-0.1, -0.05) is 88.6 Å². The van der Waals surface area contributed by atoms with Crippen molar-refractivity contribution in [2.24, 2.45) is 5.92 Å². The van der Waals surface area contributed by atoms with E-state index in [1.807, 2.05) is 12.1 Å². The molecule has 1 heterocycles. The summed E-state index contributed by atoms with van der Waals surface area (Å²) in [5.74, 6) is 2.37. The third kappa shape index (κ3) is 8.60. The number of aryl methyl sites for hydroxylation is 1. The number of nitrogens with two attached hydrogens (primary N) is 1. The van der Waals surface area contributed by atoms with Gasteiger partial charge in [-0.05, 0) is 54.9 Å². The van der Waals surface area contributed by atoms with Gasteiger partial charge in [0.25, 0.3) is 0 Å². The van der Waals surface area contributed by atoms with Crippen molar-refractivity contribution in [1.82, 2.24) is 4.98 Å². The maximum absolute atomic E-state index is 5.25.